The number of halogens is 4. The summed E-state index contributed by atoms with van der Waals surface area (Å²) in [6.45, 7) is -0.122. The molecule has 25 heavy (non-hydrogen) atoms. The van der Waals surface area contributed by atoms with Crippen LogP contribution in [0.1, 0.15) is 6.92 Å². The topological polar surface area (TPSA) is 81.9 Å². The molecule has 0 N–H and O–H groups in total. The molecule has 0 aliphatic rings. The van der Waals surface area contributed by atoms with Crippen LogP contribution in [-0.4, -0.2) is 41.1 Å². The van der Waals surface area contributed by atoms with E-state index < -0.39 is 34.3 Å². The van der Waals surface area contributed by atoms with Crippen LogP contribution in [0.25, 0.3) is 11.4 Å². The maximum Gasteiger partial charge on any atom is 0.325 e. The minimum atomic E-state index is -4.39. The van der Waals surface area contributed by atoms with E-state index in [-0.39, 0.29) is 22.0 Å². The predicted molar refractivity (Wildman–Crippen MR) is 80.4 cm³/mol. The third kappa shape index (κ3) is 4.03. The number of nitrogens with zero attached hydrogens (tertiary/aromatic N) is 3. The first-order valence-corrected chi connectivity index (χ1v) is 8.64. The maximum absolute atomic E-state index is 13.1. The first-order chi connectivity index (χ1) is 11.6. The molecule has 0 atom stereocenters. The van der Waals surface area contributed by atoms with Crippen LogP contribution in [0.3, 0.4) is 0 Å². The molecule has 0 spiro atoms. The molecule has 0 amide bonds. The molecule has 136 valence electrons. The van der Waals surface area contributed by atoms with E-state index in [4.69, 9.17) is 0 Å². The van der Waals surface area contributed by atoms with Gasteiger partial charge < -0.3 is 0 Å². The van der Waals surface area contributed by atoms with Gasteiger partial charge in [0.2, 0.25) is 0 Å². The van der Waals surface area contributed by atoms with Crippen molar-refractivity contribution in [1.29, 1.82) is 0 Å². The summed E-state index contributed by atoms with van der Waals surface area (Å²) in [6, 6.07) is 3.44. The van der Waals surface area contributed by atoms with Crippen molar-refractivity contribution in [3.05, 3.63) is 41.1 Å². The lowest BCUT2D eigenvalue weighted by Gasteiger charge is -2.16. The van der Waals surface area contributed by atoms with Gasteiger partial charge in [0.05, 0.1) is 29.2 Å². The summed E-state index contributed by atoms with van der Waals surface area (Å²) in [5, 5.41) is 0. The molecule has 0 unspecified atom stereocenters. The van der Waals surface area contributed by atoms with Crippen molar-refractivity contribution < 1.29 is 26.0 Å². The Morgan fingerprint density at radius 2 is 1.96 bits per heavy atom. The molecule has 0 saturated heterocycles. The van der Waals surface area contributed by atoms with Gasteiger partial charge in [-0.1, -0.05) is 6.92 Å². The van der Waals surface area contributed by atoms with Gasteiger partial charge >= 0.3 is 12.3 Å². The summed E-state index contributed by atoms with van der Waals surface area (Å²) in [5.41, 5.74) is -1.31. The largest absolute Gasteiger partial charge is 0.325 e. The fraction of sp³-hybridized carbons (Fsp3) is 0.357. The Labute approximate surface area is 140 Å². The minimum Gasteiger partial charge on any atom is -0.293 e. The van der Waals surface area contributed by atoms with Gasteiger partial charge in [0.1, 0.15) is 5.69 Å². The number of pyridine rings is 1. The summed E-state index contributed by atoms with van der Waals surface area (Å²) >= 11 is 0. The highest BCUT2D eigenvalue weighted by Crippen LogP contribution is 2.25. The lowest BCUT2D eigenvalue weighted by molar-refractivity contribution is -0.138. The Morgan fingerprint density at radius 3 is 2.52 bits per heavy atom. The molecular formula is C14H13F4N3O3S. The van der Waals surface area contributed by atoms with Gasteiger partial charge in [-0.25, -0.2) is 22.2 Å². The summed E-state index contributed by atoms with van der Waals surface area (Å²) in [5.74, 6) is -4.61. The Kier molecular flexibility index (Phi) is 5.26. The lowest BCUT2D eigenvalue weighted by atomic mass is 10.2. The van der Waals surface area contributed by atoms with Crippen molar-refractivity contribution in [3.8, 4) is 11.4 Å². The van der Waals surface area contributed by atoms with Gasteiger partial charge in [-0.3, -0.25) is 14.3 Å². The second kappa shape index (κ2) is 6.90. The van der Waals surface area contributed by atoms with Crippen LogP contribution in [0.5, 0.6) is 0 Å². The second-order valence-corrected chi connectivity index (χ2v) is 7.30. The molecule has 2 heterocycles. The second-order valence-electron chi connectivity index (χ2n) is 5.06. The molecule has 0 saturated carbocycles. The van der Waals surface area contributed by atoms with Crippen molar-refractivity contribution in [1.82, 2.24) is 14.5 Å². The predicted octanol–water partition coefficient (Wildman–Crippen LogP) is 2.00. The number of sulfone groups is 1. The number of hydrogen-bond donors (Lipinski definition) is 0. The van der Waals surface area contributed by atoms with Crippen LogP contribution < -0.4 is 5.56 Å². The highest BCUT2D eigenvalue weighted by Gasteiger charge is 2.41. The molecular weight excluding hydrogens is 366 g/mol. The van der Waals surface area contributed by atoms with Gasteiger partial charge in [0, 0.05) is 12.3 Å². The Morgan fingerprint density at radius 1 is 1.28 bits per heavy atom. The van der Waals surface area contributed by atoms with Crippen LogP contribution in [0.15, 0.2) is 40.4 Å². The lowest BCUT2D eigenvalue weighted by Crippen LogP contribution is -2.36. The number of rotatable bonds is 6. The number of hydrogen-bond acceptors (Lipinski definition) is 5. The van der Waals surface area contributed by atoms with Crippen molar-refractivity contribution in [2.45, 2.75) is 30.7 Å². The first-order valence-electron chi connectivity index (χ1n) is 6.99. The quantitative estimate of drug-likeness (QED) is 0.717. The zero-order valence-corrected chi connectivity index (χ0v) is 13.7. The fourth-order valence-corrected chi connectivity index (χ4v) is 3.01. The first kappa shape index (κ1) is 19.0. The van der Waals surface area contributed by atoms with Gasteiger partial charge in [-0.05, 0) is 12.1 Å². The van der Waals surface area contributed by atoms with E-state index in [9.17, 15) is 30.8 Å². The van der Waals surface area contributed by atoms with E-state index >= 15 is 0 Å². The zero-order chi connectivity index (χ0) is 18.8. The molecule has 2 rings (SSSR count). The Hall–Kier alpha value is -2.30. The number of alkyl halides is 4. The van der Waals surface area contributed by atoms with Gasteiger partial charge in [0.25, 0.3) is 5.56 Å². The molecule has 6 nitrogen and oxygen atoms in total. The Balaban J connectivity index is 2.49. The molecule has 11 heteroatoms. The Bertz CT molecular complexity index is 929. The monoisotopic (exact) mass is 379 g/mol. The van der Waals surface area contributed by atoms with Gasteiger partial charge in [-0.15, -0.1) is 0 Å². The van der Waals surface area contributed by atoms with E-state index in [0.29, 0.717) is 10.9 Å². The van der Waals surface area contributed by atoms with Crippen molar-refractivity contribution >= 4 is 9.84 Å². The summed E-state index contributed by atoms with van der Waals surface area (Å²) in [7, 11) is -3.67. The molecule has 0 radical (unpaired) electrons. The van der Waals surface area contributed by atoms with Gasteiger partial charge in [0.15, 0.2) is 9.84 Å². The average molecular weight is 379 g/mol. The third-order valence-corrected chi connectivity index (χ3v) is 5.07. The molecule has 0 aromatic carbocycles. The summed E-state index contributed by atoms with van der Waals surface area (Å²) in [4.78, 5) is 19.3. The van der Waals surface area contributed by atoms with E-state index in [2.05, 4.69) is 9.97 Å². The highest BCUT2D eigenvalue weighted by molar-refractivity contribution is 7.91. The van der Waals surface area contributed by atoms with Crippen LogP contribution in [0, 0.1) is 0 Å². The van der Waals surface area contributed by atoms with Crippen molar-refractivity contribution in [2.24, 2.45) is 0 Å². The molecule has 0 aliphatic heterocycles. The van der Waals surface area contributed by atoms with Gasteiger partial charge in [-0.2, -0.15) is 8.78 Å². The number of aromatic nitrogens is 3. The fourth-order valence-electron chi connectivity index (χ4n) is 1.96. The SMILES string of the molecule is CCS(=O)(=O)c1cccnc1-c1cc(=O)n(CC(F)(F)C(F)F)cn1. The third-order valence-electron chi connectivity index (χ3n) is 3.31. The van der Waals surface area contributed by atoms with Crippen LogP contribution in [0.2, 0.25) is 0 Å². The van der Waals surface area contributed by atoms with Crippen LogP contribution >= 0.6 is 0 Å². The molecule has 0 fully saturated rings. The van der Waals surface area contributed by atoms with E-state index in [0.717, 1.165) is 6.07 Å². The molecule has 0 bridgehead atoms. The zero-order valence-electron chi connectivity index (χ0n) is 12.9. The van der Waals surface area contributed by atoms with Crippen LogP contribution in [0.4, 0.5) is 17.6 Å². The maximum atomic E-state index is 13.1. The molecule has 2 aromatic rings. The standard InChI is InChI=1S/C14H13F4N3O3S/c1-2-25(23,24)10-4-3-5-19-12(10)9-6-11(22)21(8-20-9)7-14(17,18)13(15)16/h3-6,8,13H,2,7H2,1H3. The summed E-state index contributed by atoms with van der Waals surface area (Å²) < 4.78 is 75.1. The van der Waals surface area contributed by atoms with E-state index in [1.54, 1.807) is 0 Å². The van der Waals surface area contributed by atoms with Crippen LogP contribution in [-0.2, 0) is 16.4 Å². The normalized spacial score (nSPS) is 12.6. The van der Waals surface area contributed by atoms with E-state index in [1.807, 2.05) is 0 Å². The molecule has 0 aliphatic carbocycles. The average Bonchev–Trinajstić information content (AvgIpc) is 2.56. The van der Waals surface area contributed by atoms with Crippen molar-refractivity contribution in [2.75, 3.05) is 5.75 Å². The summed E-state index contributed by atoms with van der Waals surface area (Å²) in [6.07, 6.45) is -2.00. The minimum absolute atomic E-state index is 0.116. The molecule has 2 aromatic heterocycles. The van der Waals surface area contributed by atoms with Crippen molar-refractivity contribution in [3.63, 3.8) is 0 Å². The smallest absolute Gasteiger partial charge is 0.293 e. The highest BCUT2D eigenvalue weighted by atomic mass is 32.2. The van der Waals surface area contributed by atoms with E-state index in [1.165, 1.54) is 25.3 Å².